The monoisotopic (exact) mass is 493 g/mol. The number of piperidine rings is 1. The van der Waals surface area contributed by atoms with Crippen LogP contribution in [0.4, 0.5) is 0 Å². The summed E-state index contributed by atoms with van der Waals surface area (Å²) in [6.07, 6.45) is 5.93. The van der Waals surface area contributed by atoms with Crippen LogP contribution in [0.1, 0.15) is 18.4 Å². The number of rotatable bonds is 5. The highest BCUT2D eigenvalue weighted by molar-refractivity contribution is 5.89. The zero-order chi connectivity index (χ0) is 25.5. The van der Waals surface area contributed by atoms with Gasteiger partial charge in [-0.3, -0.25) is 8.97 Å². The Morgan fingerprint density at radius 2 is 1.92 bits per heavy atom. The second kappa shape index (κ2) is 9.26. The first-order chi connectivity index (χ1) is 18.0. The van der Waals surface area contributed by atoms with Crippen LogP contribution in [0.25, 0.3) is 39.0 Å². The molecule has 1 saturated heterocycles. The van der Waals surface area contributed by atoms with Gasteiger partial charge in [-0.1, -0.05) is 18.2 Å². The van der Waals surface area contributed by atoms with Crippen molar-refractivity contribution in [2.75, 3.05) is 26.7 Å². The first kappa shape index (κ1) is 23.1. The fourth-order valence-corrected chi connectivity index (χ4v) is 5.31. The molecule has 2 aromatic carbocycles. The van der Waals surface area contributed by atoms with Gasteiger partial charge in [0, 0.05) is 30.6 Å². The molecular weight excluding hydrogens is 466 g/mol. The minimum absolute atomic E-state index is 0.399. The molecule has 4 heterocycles. The summed E-state index contributed by atoms with van der Waals surface area (Å²) >= 11 is 0. The van der Waals surface area contributed by atoms with Gasteiger partial charge in [0.05, 0.1) is 42.0 Å². The van der Waals surface area contributed by atoms with Crippen molar-refractivity contribution in [1.29, 1.82) is 5.26 Å². The van der Waals surface area contributed by atoms with E-state index in [1.165, 1.54) is 11.0 Å². The number of ether oxygens (including phenoxy) is 1. The Labute approximate surface area is 213 Å². The normalized spacial score (nSPS) is 16.3. The van der Waals surface area contributed by atoms with Crippen LogP contribution in [0.15, 0.2) is 70.3 Å². The van der Waals surface area contributed by atoms with E-state index in [4.69, 9.17) is 9.15 Å². The molecule has 37 heavy (non-hydrogen) atoms. The van der Waals surface area contributed by atoms with E-state index in [1.54, 1.807) is 13.4 Å². The number of imidazole rings is 1. The van der Waals surface area contributed by atoms with Crippen molar-refractivity contribution in [3.05, 3.63) is 77.2 Å². The van der Waals surface area contributed by atoms with Gasteiger partial charge in [-0.05, 0) is 62.3 Å². The summed E-state index contributed by atoms with van der Waals surface area (Å²) in [5, 5.41) is 9.30. The highest BCUT2D eigenvalue weighted by atomic mass is 16.5. The van der Waals surface area contributed by atoms with Gasteiger partial charge in [-0.15, -0.1) is 0 Å². The van der Waals surface area contributed by atoms with Crippen LogP contribution in [-0.4, -0.2) is 45.6 Å². The van der Waals surface area contributed by atoms with Crippen LogP contribution in [0.3, 0.4) is 0 Å². The van der Waals surface area contributed by atoms with Crippen LogP contribution >= 0.6 is 0 Å². The van der Waals surface area contributed by atoms with E-state index in [2.05, 4.69) is 29.1 Å². The summed E-state index contributed by atoms with van der Waals surface area (Å²) in [5.74, 6) is 0.841. The van der Waals surface area contributed by atoms with E-state index in [9.17, 15) is 10.1 Å². The molecule has 0 unspecified atom stereocenters. The molecule has 8 nitrogen and oxygen atoms in total. The molecule has 5 aromatic rings. The third-order valence-electron chi connectivity index (χ3n) is 7.25. The molecule has 0 N–H and O–H groups in total. The SMILES string of the molecule is CN1CCC[C@@H](COc2cc(-c3ccc(C#N)cc3)c(-c3ccc4c(c3)oc(=O)n4C)n3cncc23)C1. The molecule has 0 spiro atoms. The second-order valence-corrected chi connectivity index (χ2v) is 9.80. The van der Waals surface area contributed by atoms with Crippen molar-refractivity contribution < 1.29 is 9.15 Å². The molecule has 0 saturated carbocycles. The molecule has 1 fully saturated rings. The molecule has 1 aliphatic heterocycles. The average Bonchev–Trinajstić information content (AvgIpc) is 3.51. The largest absolute Gasteiger partial charge is 0.491 e. The maximum atomic E-state index is 12.1. The minimum atomic E-state index is -0.399. The third kappa shape index (κ3) is 4.17. The summed E-state index contributed by atoms with van der Waals surface area (Å²) in [6.45, 7) is 2.80. The van der Waals surface area contributed by atoms with Crippen LogP contribution < -0.4 is 10.5 Å². The zero-order valence-electron chi connectivity index (χ0n) is 20.8. The summed E-state index contributed by atoms with van der Waals surface area (Å²) in [7, 11) is 3.85. The van der Waals surface area contributed by atoms with E-state index in [0.717, 1.165) is 58.7 Å². The predicted molar refractivity (Wildman–Crippen MR) is 142 cm³/mol. The van der Waals surface area contributed by atoms with E-state index in [1.807, 2.05) is 53.1 Å². The lowest BCUT2D eigenvalue weighted by Crippen LogP contribution is -2.34. The predicted octanol–water partition coefficient (Wildman–Crippen LogP) is 4.71. The van der Waals surface area contributed by atoms with Gasteiger partial charge in [0.25, 0.3) is 0 Å². The van der Waals surface area contributed by atoms with Crippen molar-refractivity contribution in [2.45, 2.75) is 12.8 Å². The number of likely N-dealkylation sites (tertiary alicyclic amines) is 1. The first-order valence-corrected chi connectivity index (χ1v) is 12.4. The average molecular weight is 494 g/mol. The maximum Gasteiger partial charge on any atom is 0.419 e. The number of hydrogen-bond acceptors (Lipinski definition) is 6. The number of nitriles is 1. The summed E-state index contributed by atoms with van der Waals surface area (Å²) in [4.78, 5) is 18.9. The van der Waals surface area contributed by atoms with Gasteiger partial charge in [-0.2, -0.15) is 5.26 Å². The van der Waals surface area contributed by atoms with Gasteiger partial charge >= 0.3 is 5.76 Å². The topological polar surface area (TPSA) is 88.7 Å². The van der Waals surface area contributed by atoms with Gasteiger partial charge in [0.1, 0.15) is 11.3 Å². The van der Waals surface area contributed by atoms with E-state index in [0.29, 0.717) is 23.7 Å². The first-order valence-electron chi connectivity index (χ1n) is 12.4. The van der Waals surface area contributed by atoms with Crippen LogP contribution in [0, 0.1) is 17.2 Å². The Bertz CT molecular complexity index is 1700. The number of aryl methyl sites for hydroxylation is 1. The zero-order valence-corrected chi connectivity index (χ0v) is 20.8. The van der Waals surface area contributed by atoms with Gasteiger partial charge < -0.3 is 14.1 Å². The van der Waals surface area contributed by atoms with Crippen molar-refractivity contribution in [3.63, 3.8) is 0 Å². The lowest BCUT2D eigenvalue weighted by Gasteiger charge is -2.29. The number of nitrogens with zero attached hydrogens (tertiary/aromatic N) is 5. The number of hydrogen-bond donors (Lipinski definition) is 0. The summed E-state index contributed by atoms with van der Waals surface area (Å²) in [5.41, 5.74) is 6.37. The lowest BCUT2D eigenvalue weighted by atomic mass is 9.97. The Morgan fingerprint density at radius 3 is 2.70 bits per heavy atom. The Kier molecular flexibility index (Phi) is 5.78. The quantitative estimate of drug-likeness (QED) is 0.352. The van der Waals surface area contributed by atoms with Crippen LogP contribution in [-0.2, 0) is 7.05 Å². The molecule has 3 aromatic heterocycles. The molecule has 6 rings (SSSR count). The second-order valence-electron chi connectivity index (χ2n) is 9.80. The van der Waals surface area contributed by atoms with E-state index >= 15 is 0 Å². The number of oxazole rings is 1. The van der Waals surface area contributed by atoms with Crippen LogP contribution in [0.5, 0.6) is 5.75 Å². The van der Waals surface area contributed by atoms with Crippen molar-refractivity contribution in [1.82, 2.24) is 18.9 Å². The summed E-state index contributed by atoms with van der Waals surface area (Å²) in [6, 6.07) is 17.5. The van der Waals surface area contributed by atoms with Gasteiger partial charge in [0.2, 0.25) is 0 Å². The van der Waals surface area contributed by atoms with Crippen molar-refractivity contribution >= 4 is 16.6 Å². The number of aromatic nitrogens is 3. The smallest absolute Gasteiger partial charge is 0.419 e. The van der Waals surface area contributed by atoms with E-state index < -0.39 is 5.76 Å². The lowest BCUT2D eigenvalue weighted by molar-refractivity contribution is 0.151. The number of fused-ring (bicyclic) bond motifs is 2. The summed E-state index contributed by atoms with van der Waals surface area (Å²) < 4.78 is 15.5. The minimum Gasteiger partial charge on any atom is -0.491 e. The number of benzene rings is 2. The fraction of sp³-hybridized carbons (Fsp3) is 0.276. The van der Waals surface area contributed by atoms with Crippen molar-refractivity contribution in [3.8, 4) is 34.2 Å². The maximum absolute atomic E-state index is 12.1. The van der Waals surface area contributed by atoms with Crippen LogP contribution in [0.2, 0.25) is 0 Å². The molecule has 186 valence electrons. The Morgan fingerprint density at radius 1 is 1.11 bits per heavy atom. The molecule has 0 radical (unpaired) electrons. The molecular formula is C29H27N5O3. The highest BCUT2D eigenvalue weighted by Crippen LogP contribution is 2.39. The van der Waals surface area contributed by atoms with E-state index in [-0.39, 0.29) is 0 Å². The highest BCUT2D eigenvalue weighted by Gasteiger charge is 2.21. The third-order valence-corrected chi connectivity index (χ3v) is 7.25. The molecule has 0 bridgehead atoms. The molecule has 1 aliphatic rings. The number of pyridine rings is 1. The molecule has 0 amide bonds. The van der Waals surface area contributed by atoms with Gasteiger partial charge in [0.15, 0.2) is 5.58 Å². The molecule has 1 atom stereocenters. The van der Waals surface area contributed by atoms with Crippen molar-refractivity contribution in [2.24, 2.45) is 13.0 Å². The Hall–Kier alpha value is -4.35. The standard InChI is InChI=1S/C29H27N5O3/c1-32-11-3-4-20(16-32)17-36-26-13-23(21-7-5-19(14-30)6-8-21)28(34-18-31-15-25(26)34)22-9-10-24-27(12-22)37-29(35)33(24)2/h5-10,12-13,15,18,20H,3-4,11,16-17H2,1-2H3/t20-/m1/s1. The molecule has 8 heteroatoms. The fourth-order valence-electron chi connectivity index (χ4n) is 5.31. The Balaban J connectivity index is 1.51. The molecule has 0 aliphatic carbocycles. The van der Waals surface area contributed by atoms with Gasteiger partial charge in [-0.25, -0.2) is 9.78 Å².